The van der Waals surface area contributed by atoms with Gasteiger partial charge in [-0.15, -0.1) is 0 Å². The van der Waals surface area contributed by atoms with Crippen LogP contribution >= 0.6 is 7.82 Å². The molecule has 0 atom stereocenters. The van der Waals surface area contributed by atoms with Crippen LogP contribution in [0.1, 0.15) is 1.43 Å². The average molecular weight is 325 g/mol. The fourth-order valence-corrected chi connectivity index (χ4v) is 0.288. The van der Waals surface area contributed by atoms with Crippen LogP contribution in [-0.4, -0.2) is 72.1 Å². The fourth-order valence-electron chi connectivity index (χ4n) is 0.288. The molecule has 118 valence electrons. The van der Waals surface area contributed by atoms with Gasteiger partial charge in [-0.1, -0.05) is 0 Å². The number of carboxylic acids is 1. The number of carbonyl (C=O) groups is 1. The number of hydrogen-bond donors (Lipinski definition) is 6. The SMILES string of the molecule is CN(CC(=O)O)C(=N)N.O.O.O.O.O=P(O)(O)O.[H-].[Na+]. The number of carboxylic acid groups (broad SMARTS) is 1. The molecule has 0 rings (SSSR count). The number of aliphatic carboxylic acids is 1. The van der Waals surface area contributed by atoms with Crippen LogP contribution in [0.3, 0.4) is 0 Å². The molecule has 0 fully saturated rings. The number of nitrogens with one attached hydrogen (secondary N) is 1. The largest absolute Gasteiger partial charge is 1.00 e. The Hall–Kier alpha value is -0.310. The summed E-state index contributed by atoms with van der Waals surface area (Å²) in [4.78, 5) is 32.6. The van der Waals surface area contributed by atoms with E-state index in [0.717, 1.165) is 4.90 Å². The minimum Gasteiger partial charge on any atom is -1.00 e. The van der Waals surface area contributed by atoms with E-state index in [-0.39, 0.29) is 65.4 Å². The fraction of sp³-hybridized carbons (Fsp3) is 0.500. The van der Waals surface area contributed by atoms with Gasteiger partial charge in [-0.3, -0.25) is 10.2 Å². The number of rotatable bonds is 2. The van der Waals surface area contributed by atoms with Crippen molar-refractivity contribution in [3.63, 3.8) is 0 Å². The zero-order chi connectivity index (χ0) is 11.9. The molecule has 0 heterocycles. The summed E-state index contributed by atoms with van der Waals surface area (Å²) >= 11 is 0. The number of nitrogens with zero attached hydrogens (tertiary/aromatic N) is 1. The summed E-state index contributed by atoms with van der Waals surface area (Å²) in [7, 11) is -3.20. The maximum Gasteiger partial charge on any atom is 1.00 e. The molecule has 0 radical (unpaired) electrons. The standard InChI is InChI=1S/C4H9N3O2.Na.H3O4P.4H2O.H/c1-7(4(5)6)2-3(8)9;;1-5(2,3)4;;;;;/h2H2,1H3,(H3,5,6)(H,8,9);;(H3,1,2,3,4);4*1H2;/q;+1;;;;;;-1. The van der Waals surface area contributed by atoms with Gasteiger partial charge in [0.15, 0.2) is 5.96 Å². The van der Waals surface area contributed by atoms with Gasteiger partial charge in [0.1, 0.15) is 6.54 Å². The van der Waals surface area contributed by atoms with Crippen molar-refractivity contribution in [2.75, 3.05) is 13.6 Å². The molecule has 0 aliphatic carbocycles. The van der Waals surface area contributed by atoms with E-state index in [1.807, 2.05) is 0 Å². The summed E-state index contributed by atoms with van der Waals surface area (Å²) in [5.74, 6) is -1.23. The summed E-state index contributed by atoms with van der Waals surface area (Å²) < 4.78 is 8.88. The Bertz CT molecular complexity index is 257. The maximum atomic E-state index is 9.92. The number of guanidine groups is 1. The van der Waals surface area contributed by atoms with Crippen molar-refractivity contribution in [3.05, 3.63) is 0 Å². The Morgan fingerprint density at radius 3 is 1.53 bits per heavy atom. The van der Waals surface area contributed by atoms with E-state index < -0.39 is 13.8 Å². The third-order valence-electron chi connectivity index (χ3n) is 0.784. The first kappa shape index (κ1) is 42.8. The van der Waals surface area contributed by atoms with E-state index in [2.05, 4.69) is 0 Å². The van der Waals surface area contributed by atoms with Gasteiger partial charge in [-0.05, 0) is 0 Å². The summed E-state index contributed by atoms with van der Waals surface area (Å²) in [5, 5.41) is 14.9. The molecule has 0 unspecified atom stereocenters. The van der Waals surface area contributed by atoms with Crippen molar-refractivity contribution in [1.29, 1.82) is 5.41 Å². The zero-order valence-corrected chi connectivity index (χ0v) is 13.2. The van der Waals surface area contributed by atoms with E-state index in [4.69, 9.17) is 35.5 Å². The molecule has 0 bridgehead atoms. The van der Waals surface area contributed by atoms with Crippen molar-refractivity contribution in [1.82, 2.24) is 4.90 Å². The first-order chi connectivity index (χ1) is 6.04. The van der Waals surface area contributed by atoms with Gasteiger partial charge in [0.2, 0.25) is 0 Å². The second-order valence-electron chi connectivity index (χ2n) is 2.15. The Labute approximate surface area is 131 Å². The first-order valence-corrected chi connectivity index (χ1v) is 4.65. The topological polar surface area (TPSA) is 294 Å². The average Bonchev–Trinajstić information content (AvgIpc) is 1.80. The van der Waals surface area contributed by atoms with Gasteiger partial charge in [0.05, 0.1) is 0 Å². The van der Waals surface area contributed by atoms with Gasteiger partial charge in [-0.25, -0.2) is 4.57 Å². The van der Waals surface area contributed by atoms with E-state index in [1.165, 1.54) is 7.05 Å². The van der Waals surface area contributed by atoms with Crippen LogP contribution in [0.5, 0.6) is 0 Å². The zero-order valence-electron chi connectivity index (χ0n) is 11.3. The molecule has 0 saturated carbocycles. The van der Waals surface area contributed by atoms with Crippen LogP contribution in [-0.2, 0) is 9.36 Å². The van der Waals surface area contributed by atoms with Crippen molar-refractivity contribution in [2.24, 2.45) is 5.73 Å². The summed E-state index contributed by atoms with van der Waals surface area (Å²) in [6.45, 7) is -0.227. The van der Waals surface area contributed by atoms with E-state index in [0.29, 0.717) is 0 Å². The van der Waals surface area contributed by atoms with Crippen molar-refractivity contribution in [3.8, 4) is 0 Å². The Morgan fingerprint density at radius 1 is 1.26 bits per heavy atom. The van der Waals surface area contributed by atoms with Crippen LogP contribution in [0, 0.1) is 5.41 Å². The predicted octanol–water partition coefficient (Wildman–Crippen LogP) is -8.21. The summed E-state index contributed by atoms with van der Waals surface area (Å²) in [6.07, 6.45) is 0. The molecule has 13 nitrogen and oxygen atoms in total. The smallest absolute Gasteiger partial charge is 1.00 e. The van der Waals surface area contributed by atoms with Gasteiger partial charge in [0.25, 0.3) is 0 Å². The molecule has 15 N–H and O–H groups in total. The third kappa shape index (κ3) is 73.6. The molecule has 0 amide bonds. The monoisotopic (exact) mass is 325 g/mol. The molecule has 0 aromatic heterocycles. The van der Waals surface area contributed by atoms with Crippen molar-refractivity contribution >= 4 is 19.8 Å². The van der Waals surface area contributed by atoms with Crippen LogP contribution in [0.4, 0.5) is 0 Å². The molecule has 0 saturated heterocycles. The van der Waals surface area contributed by atoms with Crippen LogP contribution < -0.4 is 35.3 Å². The molecule has 0 aromatic rings. The van der Waals surface area contributed by atoms with E-state index >= 15 is 0 Å². The molecular weight excluding hydrogens is 304 g/mol. The van der Waals surface area contributed by atoms with Gasteiger partial charge in [0, 0.05) is 7.05 Å². The minimum absolute atomic E-state index is 0. The Balaban J connectivity index is -0.0000000199. The Morgan fingerprint density at radius 2 is 1.47 bits per heavy atom. The summed E-state index contributed by atoms with van der Waals surface area (Å²) in [5.41, 5.74) is 4.93. The van der Waals surface area contributed by atoms with Crippen molar-refractivity contribution in [2.45, 2.75) is 0 Å². The number of hydrogen-bond acceptors (Lipinski definition) is 3. The molecule has 0 aliphatic heterocycles. The predicted molar refractivity (Wildman–Crippen MR) is 62.0 cm³/mol. The second kappa shape index (κ2) is 20.0. The van der Waals surface area contributed by atoms with Gasteiger partial charge >= 0.3 is 43.3 Å². The third-order valence-corrected chi connectivity index (χ3v) is 0.784. The normalized spacial score (nSPS) is 7.16. The van der Waals surface area contributed by atoms with E-state index in [1.54, 1.807) is 0 Å². The van der Waals surface area contributed by atoms with Crippen LogP contribution in [0.25, 0.3) is 0 Å². The van der Waals surface area contributed by atoms with Gasteiger partial charge < -0.3 is 53.8 Å². The first-order valence-electron chi connectivity index (χ1n) is 3.09. The molecule has 15 heteroatoms. The van der Waals surface area contributed by atoms with Gasteiger partial charge in [-0.2, -0.15) is 0 Å². The molecule has 0 spiro atoms. The molecule has 19 heavy (non-hydrogen) atoms. The quantitative estimate of drug-likeness (QED) is 0.122. The van der Waals surface area contributed by atoms with Crippen molar-refractivity contribution < 1.29 is 82.0 Å². The minimum atomic E-state index is -4.64. The second-order valence-corrected chi connectivity index (χ2v) is 3.17. The number of likely N-dealkylation sites (N-methyl/N-ethyl adjacent to an activating group) is 1. The molecule has 0 aromatic carbocycles. The number of nitrogens with two attached hydrogens (primary N) is 1. The molecule has 0 aliphatic rings. The summed E-state index contributed by atoms with van der Waals surface area (Å²) in [6, 6.07) is 0. The molecular formula is C4H21N3NaO10P. The number of phosphoric acid groups is 1. The van der Waals surface area contributed by atoms with Crippen LogP contribution in [0.15, 0.2) is 0 Å². The van der Waals surface area contributed by atoms with Crippen LogP contribution in [0.2, 0.25) is 0 Å². The van der Waals surface area contributed by atoms with E-state index in [9.17, 15) is 4.79 Å². The maximum absolute atomic E-state index is 9.92. The Kier molecular flexibility index (Phi) is 45.1.